The summed E-state index contributed by atoms with van der Waals surface area (Å²) in [4.78, 5) is 0.461. The monoisotopic (exact) mass is 414 g/mol. The maximum Gasteiger partial charge on any atom is 0.243 e. The highest BCUT2D eigenvalue weighted by Crippen LogP contribution is 2.52. The number of rotatable bonds is 3. The molecule has 2 aromatic rings. The van der Waals surface area contributed by atoms with Crippen LogP contribution in [0.2, 0.25) is 0 Å². The van der Waals surface area contributed by atoms with E-state index in [4.69, 9.17) is 0 Å². The molecule has 1 atom stereocenters. The van der Waals surface area contributed by atoms with Crippen LogP contribution in [-0.2, 0) is 29.9 Å². The summed E-state index contributed by atoms with van der Waals surface area (Å²) in [5.41, 5.74) is 2.52. The molecule has 1 saturated heterocycles. The first-order chi connectivity index (χ1) is 14.0. The molecule has 1 aliphatic heterocycles. The van der Waals surface area contributed by atoms with Gasteiger partial charge in [0.1, 0.15) is 12.2 Å². The molecule has 1 aromatic carbocycles. The first-order valence-electron chi connectivity index (χ1n) is 11.0. The minimum Gasteiger partial charge on any atom is -0.320 e. The van der Waals surface area contributed by atoms with E-state index in [1.165, 1.54) is 36.8 Å². The van der Waals surface area contributed by atoms with E-state index in [2.05, 4.69) is 10.2 Å². The molecule has 29 heavy (non-hydrogen) atoms. The van der Waals surface area contributed by atoms with E-state index in [-0.39, 0.29) is 11.3 Å². The zero-order valence-corrected chi connectivity index (χ0v) is 18.0. The van der Waals surface area contributed by atoms with Crippen molar-refractivity contribution in [1.29, 1.82) is 0 Å². The summed E-state index contributed by atoms with van der Waals surface area (Å²) in [7, 11) is -1.54. The van der Waals surface area contributed by atoms with Crippen molar-refractivity contribution < 1.29 is 8.42 Å². The molecule has 3 aliphatic rings. The van der Waals surface area contributed by atoms with Crippen LogP contribution in [0.1, 0.15) is 67.8 Å². The molecule has 1 unspecified atom stereocenters. The number of aromatic nitrogens is 3. The number of sulfonamides is 1. The fourth-order valence-electron chi connectivity index (χ4n) is 5.85. The van der Waals surface area contributed by atoms with Gasteiger partial charge in [0.15, 0.2) is 0 Å². The SMILES string of the molecule is Cn1cnnc1C1CN(S(=O)(=O)c2ccc3c(c2)CCCC3)CC12CCCCC2. The van der Waals surface area contributed by atoms with Gasteiger partial charge in [0, 0.05) is 26.1 Å². The minimum atomic E-state index is -3.51. The summed E-state index contributed by atoms with van der Waals surface area (Å²) >= 11 is 0. The van der Waals surface area contributed by atoms with Crippen molar-refractivity contribution in [1.82, 2.24) is 19.1 Å². The second-order valence-electron chi connectivity index (χ2n) is 9.21. The molecule has 0 radical (unpaired) electrons. The highest BCUT2D eigenvalue weighted by Gasteiger charge is 2.52. The average Bonchev–Trinajstić information content (AvgIpc) is 3.32. The molecule has 1 aromatic heterocycles. The van der Waals surface area contributed by atoms with Crippen LogP contribution < -0.4 is 0 Å². The second-order valence-corrected chi connectivity index (χ2v) is 11.1. The van der Waals surface area contributed by atoms with E-state index >= 15 is 0 Å². The van der Waals surface area contributed by atoms with E-state index in [9.17, 15) is 8.42 Å². The summed E-state index contributed by atoms with van der Waals surface area (Å²) in [6, 6.07) is 5.80. The number of benzene rings is 1. The molecular formula is C22H30N4O2S. The van der Waals surface area contributed by atoms with Gasteiger partial charge in [-0.2, -0.15) is 4.31 Å². The molecule has 6 nitrogen and oxygen atoms in total. The predicted molar refractivity (Wildman–Crippen MR) is 111 cm³/mol. The maximum absolute atomic E-state index is 13.6. The standard InChI is InChI=1S/C22H30N4O2S/c1-25-16-23-24-21(25)20-14-26(15-22(20)11-5-2-6-12-22)29(27,28)19-10-9-17-7-3-4-8-18(17)13-19/h9-10,13,16,20H,2-8,11-12,14-15H2,1H3. The molecule has 2 aliphatic carbocycles. The van der Waals surface area contributed by atoms with Crippen LogP contribution in [-0.4, -0.2) is 40.6 Å². The van der Waals surface area contributed by atoms with Crippen LogP contribution in [0.15, 0.2) is 29.4 Å². The van der Waals surface area contributed by atoms with E-state index < -0.39 is 10.0 Å². The Kier molecular flexibility index (Phi) is 4.78. The molecule has 0 N–H and O–H groups in total. The average molecular weight is 415 g/mol. The molecule has 5 rings (SSSR count). The Balaban J connectivity index is 1.50. The van der Waals surface area contributed by atoms with Gasteiger partial charge in [-0.25, -0.2) is 8.42 Å². The molecule has 0 bridgehead atoms. The second kappa shape index (κ2) is 7.20. The molecule has 7 heteroatoms. The van der Waals surface area contributed by atoms with Gasteiger partial charge in [-0.15, -0.1) is 10.2 Å². The third-order valence-electron chi connectivity index (χ3n) is 7.48. The zero-order valence-electron chi connectivity index (χ0n) is 17.2. The normalized spacial score (nSPS) is 24.7. The van der Waals surface area contributed by atoms with Crippen molar-refractivity contribution in [2.75, 3.05) is 13.1 Å². The van der Waals surface area contributed by atoms with E-state index in [1.54, 1.807) is 10.6 Å². The summed E-state index contributed by atoms with van der Waals surface area (Å²) in [5.74, 6) is 1.04. The number of nitrogens with zero attached hydrogens (tertiary/aromatic N) is 4. The third-order valence-corrected chi connectivity index (χ3v) is 9.29. The summed E-state index contributed by atoms with van der Waals surface area (Å²) in [6.45, 7) is 1.11. The van der Waals surface area contributed by atoms with Crippen molar-refractivity contribution in [2.45, 2.75) is 68.6 Å². The van der Waals surface area contributed by atoms with Gasteiger partial charge < -0.3 is 4.57 Å². The van der Waals surface area contributed by atoms with Crippen molar-refractivity contribution in [3.8, 4) is 0 Å². The van der Waals surface area contributed by atoms with E-state index in [0.717, 1.165) is 37.9 Å². The Morgan fingerprint density at radius 2 is 1.79 bits per heavy atom. The van der Waals surface area contributed by atoms with Crippen molar-refractivity contribution in [3.05, 3.63) is 41.5 Å². The van der Waals surface area contributed by atoms with Crippen LogP contribution in [0, 0.1) is 5.41 Å². The lowest BCUT2D eigenvalue weighted by Gasteiger charge is -2.37. The third kappa shape index (κ3) is 3.22. The number of aryl methyl sites for hydroxylation is 3. The molecule has 2 heterocycles. The largest absolute Gasteiger partial charge is 0.320 e. The van der Waals surface area contributed by atoms with Crippen LogP contribution in [0.5, 0.6) is 0 Å². The van der Waals surface area contributed by atoms with Gasteiger partial charge in [0.05, 0.1) is 4.90 Å². The first kappa shape index (κ1) is 19.2. The first-order valence-corrected chi connectivity index (χ1v) is 12.4. The maximum atomic E-state index is 13.6. The Bertz CT molecular complexity index is 1010. The van der Waals surface area contributed by atoms with Crippen molar-refractivity contribution in [2.24, 2.45) is 12.5 Å². The fourth-order valence-corrected chi connectivity index (χ4v) is 7.45. The molecular weight excluding hydrogens is 384 g/mol. The minimum absolute atomic E-state index is 0.0136. The van der Waals surface area contributed by atoms with Crippen LogP contribution in [0.25, 0.3) is 0 Å². The lowest BCUT2D eigenvalue weighted by molar-refractivity contribution is 0.177. The predicted octanol–water partition coefficient (Wildman–Crippen LogP) is 3.43. The van der Waals surface area contributed by atoms with E-state index in [0.29, 0.717) is 18.0 Å². The van der Waals surface area contributed by atoms with Crippen LogP contribution >= 0.6 is 0 Å². The Labute approximate surface area is 173 Å². The number of hydrogen-bond acceptors (Lipinski definition) is 4. The van der Waals surface area contributed by atoms with Crippen LogP contribution in [0.4, 0.5) is 0 Å². The molecule has 1 saturated carbocycles. The lowest BCUT2D eigenvalue weighted by Crippen LogP contribution is -2.34. The smallest absolute Gasteiger partial charge is 0.243 e. The summed E-state index contributed by atoms with van der Waals surface area (Å²) in [6.07, 6.45) is 11.9. The zero-order chi connectivity index (χ0) is 20.1. The van der Waals surface area contributed by atoms with Gasteiger partial charge in [0.2, 0.25) is 10.0 Å². The van der Waals surface area contributed by atoms with Crippen LogP contribution in [0.3, 0.4) is 0 Å². The highest BCUT2D eigenvalue weighted by atomic mass is 32.2. The number of fused-ring (bicyclic) bond motifs is 1. The van der Waals surface area contributed by atoms with Crippen molar-refractivity contribution in [3.63, 3.8) is 0 Å². The molecule has 156 valence electrons. The van der Waals surface area contributed by atoms with Gasteiger partial charge in [-0.3, -0.25) is 0 Å². The quantitative estimate of drug-likeness (QED) is 0.772. The fraction of sp³-hybridized carbons (Fsp3) is 0.636. The van der Waals surface area contributed by atoms with Gasteiger partial charge in [0.25, 0.3) is 0 Å². The van der Waals surface area contributed by atoms with Gasteiger partial charge in [-0.1, -0.05) is 25.3 Å². The molecule has 0 amide bonds. The number of hydrogen-bond donors (Lipinski definition) is 0. The lowest BCUT2D eigenvalue weighted by atomic mass is 9.67. The summed E-state index contributed by atoms with van der Waals surface area (Å²) in [5, 5.41) is 8.47. The molecule has 2 fully saturated rings. The Morgan fingerprint density at radius 1 is 1.03 bits per heavy atom. The van der Waals surface area contributed by atoms with Gasteiger partial charge in [-0.05, 0) is 67.2 Å². The Hall–Kier alpha value is -1.73. The summed E-state index contributed by atoms with van der Waals surface area (Å²) < 4.78 is 31.0. The topological polar surface area (TPSA) is 68.1 Å². The van der Waals surface area contributed by atoms with Gasteiger partial charge >= 0.3 is 0 Å². The molecule has 1 spiro atoms. The van der Waals surface area contributed by atoms with E-state index in [1.807, 2.05) is 29.8 Å². The van der Waals surface area contributed by atoms with Crippen molar-refractivity contribution >= 4 is 10.0 Å². The highest BCUT2D eigenvalue weighted by molar-refractivity contribution is 7.89. The Morgan fingerprint density at radius 3 is 2.52 bits per heavy atom.